The molecular formula is C27H35N3O4. The van der Waals surface area contributed by atoms with Crippen molar-refractivity contribution >= 4 is 28.5 Å². The first-order valence-electron chi connectivity index (χ1n) is 12.3. The summed E-state index contributed by atoms with van der Waals surface area (Å²) in [7, 11) is 0. The lowest BCUT2D eigenvalue weighted by Gasteiger charge is -2.38. The summed E-state index contributed by atoms with van der Waals surface area (Å²) in [5, 5.41) is 5.20. The van der Waals surface area contributed by atoms with Crippen molar-refractivity contribution in [1.29, 1.82) is 0 Å². The highest BCUT2D eigenvalue weighted by Crippen LogP contribution is 2.22. The van der Waals surface area contributed by atoms with E-state index in [2.05, 4.69) is 5.32 Å². The zero-order valence-corrected chi connectivity index (χ0v) is 20.2. The number of carbonyl (C=O) groups is 3. The number of hydrogen-bond acceptors (Lipinski definition) is 4. The van der Waals surface area contributed by atoms with E-state index in [1.165, 1.54) is 0 Å². The highest BCUT2D eigenvalue weighted by Gasteiger charge is 2.35. The van der Waals surface area contributed by atoms with Crippen molar-refractivity contribution in [2.75, 3.05) is 39.4 Å². The Morgan fingerprint density at radius 2 is 1.74 bits per heavy atom. The van der Waals surface area contributed by atoms with Gasteiger partial charge in [0.1, 0.15) is 6.04 Å². The molecule has 2 unspecified atom stereocenters. The van der Waals surface area contributed by atoms with Crippen LogP contribution in [0.2, 0.25) is 0 Å². The lowest BCUT2D eigenvalue weighted by atomic mass is 9.94. The largest absolute Gasteiger partial charge is 0.378 e. The van der Waals surface area contributed by atoms with Crippen molar-refractivity contribution in [3.05, 3.63) is 48.0 Å². The molecule has 2 fully saturated rings. The number of rotatable bonds is 6. The van der Waals surface area contributed by atoms with Gasteiger partial charge in [0.25, 0.3) is 0 Å². The standard InChI is InChI=1S/C27H35N3O4/c1-19(2)25(28-24(31)17-20-9-10-21-6-3-4-7-22(21)16-20)27(33)30-11-5-8-23(18-30)26(32)29-12-14-34-15-13-29/h3-4,6-7,9-10,16,19,23,25H,5,8,11-15,17-18H2,1-2H3,(H,28,31). The maximum atomic E-state index is 13.4. The predicted molar refractivity (Wildman–Crippen MR) is 131 cm³/mol. The second-order valence-electron chi connectivity index (χ2n) is 9.71. The third-order valence-electron chi connectivity index (χ3n) is 6.83. The number of benzene rings is 2. The van der Waals surface area contributed by atoms with Gasteiger partial charge in [0.05, 0.1) is 25.6 Å². The van der Waals surface area contributed by atoms with E-state index >= 15 is 0 Å². The number of carbonyl (C=O) groups excluding carboxylic acids is 3. The Labute approximate surface area is 201 Å². The van der Waals surface area contributed by atoms with Gasteiger partial charge in [-0.15, -0.1) is 0 Å². The first-order chi connectivity index (χ1) is 16.4. The third kappa shape index (κ3) is 5.76. The van der Waals surface area contributed by atoms with Gasteiger partial charge in [0, 0.05) is 26.2 Å². The van der Waals surface area contributed by atoms with E-state index in [9.17, 15) is 14.4 Å². The minimum absolute atomic E-state index is 0.0524. The molecule has 2 atom stereocenters. The van der Waals surface area contributed by atoms with E-state index in [0.29, 0.717) is 39.4 Å². The van der Waals surface area contributed by atoms with Gasteiger partial charge in [-0.3, -0.25) is 14.4 Å². The molecule has 0 saturated carbocycles. The molecule has 2 heterocycles. The molecule has 2 aromatic rings. The minimum Gasteiger partial charge on any atom is -0.378 e. The Hall–Kier alpha value is -2.93. The molecule has 0 aliphatic carbocycles. The molecule has 4 rings (SSSR count). The topological polar surface area (TPSA) is 79.0 Å². The van der Waals surface area contributed by atoms with E-state index in [1.807, 2.05) is 61.2 Å². The second-order valence-corrected chi connectivity index (χ2v) is 9.71. The van der Waals surface area contributed by atoms with Crippen LogP contribution in [0.5, 0.6) is 0 Å². The summed E-state index contributed by atoms with van der Waals surface area (Å²) in [6.07, 6.45) is 1.81. The average Bonchev–Trinajstić information content (AvgIpc) is 2.87. The van der Waals surface area contributed by atoms with E-state index in [4.69, 9.17) is 4.74 Å². The van der Waals surface area contributed by atoms with E-state index in [1.54, 1.807) is 4.90 Å². The summed E-state index contributed by atoms with van der Waals surface area (Å²) in [4.78, 5) is 42.9. The van der Waals surface area contributed by atoms with Crippen molar-refractivity contribution in [2.45, 2.75) is 39.2 Å². The van der Waals surface area contributed by atoms with Crippen LogP contribution in [0.3, 0.4) is 0 Å². The van der Waals surface area contributed by atoms with Crippen molar-refractivity contribution in [3.8, 4) is 0 Å². The molecule has 0 bridgehead atoms. The number of morpholine rings is 1. The van der Waals surface area contributed by atoms with Crippen molar-refractivity contribution in [3.63, 3.8) is 0 Å². The number of fused-ring (bicyclic) bond motifs is 1. The molecular weight excluding hydrogens is 430 g/mol. The number of piperidine rings is 1. The molecule has 7 heteroatoms. The van der Waals surface area contributed by atoms with E-state index < -0.39 is 6.04 Å². The van der Waals surface area contributed by atoms with Crippen LogP contribution < -0.4 is 5.32 Å². The van der Waals surface area contributed by atoms with Gasteiger partial charge in [-0.1, -0.05) is 56.3 Å². The minimum atomic E-state index is -0.606. The van der Waals surface area contributed by atoms with Crippen molar-refractivity contribution in [2.24, 2.45) is 11.8 Å². The zero-order valence-electron chi connectivity index (χ0n) is 20.2. The van der Waals surface area contributed by atoms with Gasteiger partial charge in [-0.2, -0.15) is 0 Å². The lowest BCUT2D eigenvalue weighted by Crippen LogP contribution is -2.55. The first kappa shape index (κ1) is 24.2. The summed E-state index contributed by atoms with van der Waals surface area (Å²) < 4.78 is 5.36. The van der Waals surface area contributed by atoms with Crippen LogP contribution >= 0.6 is 0 Å². The van der Waals surface area contributed by atoms with Crippen LogP contribution in [-0.4, -0.2) is 73.0 Å². The fourth-order valence-corrected chi connectivity index (χ4v) is 4.89. The van der Waals surface area contributed by atoms with Gasteiger partial charge < -0.3 is 19.9 Å². The zero-order chi connectivity index (χ0) is 24.1. The summed E-state index contributed by atoms with van der Waals surface area (Å²) in [5.74, 6) is -0.385. The molecule has 7 nitrogen and oxygen atoms in total. The predicted octanol–water partition coefficient (Wildman–Crippen LogP) is 2.62. The number of hydrogen-bond donors (Lipinski definition) is 1. The lowest BCUT2D eigenvalue weighted by molar-refractivity contribution is -0.145. The fraction of sp³-hybridized carbons (Fsp3) is 0.519. The molecule has 182 valence electrons. The SMILES string of the molecule is CC(C)C(NC(=O)Cc1ccc2ccccc2c1)C(=O)N1CCCC(C(=O)N2CCOCC2)C1. The highest BCUT2D eigenvalue weighted by molar-refractivity contribution is 5.90. The Kier molecular flexibility index (Phi) is 7.83. The molecule has 34 heavy (non-hydrogen) atoms. The Balaban J connectivity index is 1.38. The Morgan fingerprint density at radius 1 is 1.00 bits per heavy atom. The summed E-state index contributed by atoms with van der Waals surface area (Å²) in [5.41, 5.74) is 0.917. The van der Waals surface area contributed by atoms with Gasteiger partial charge in [0.2, 0.25) is 17.7 Å². The monoisotopic (exact) mass is 465 g/mol. The number of likely N-dealkylation sites (tertiary alicyclic amines) is 1. The third-order valence-corrected chi connectivity index (χ3v) is 6.83. The molecule has 2 saturated heterocycles. The molecule has 2 aliphatic heterocycles. The van der Waals surface area contributed by atoms with Gasteiger partial charge in [-0.25, -0.2) is 0 Å². The summed E-state index contributed by atoms with van der Waals surface area (Å²) >= 11 is 0. The van der Waals surface area contributed by atoms with Gasteiger partial charge >= 0.3 is 0 Å². The molecule has 3 amide bonds. The fourth-order valence-electron chi connectivity index (χ4n) is 4.89. The maximum Gasteiger partial charge on any atom is 0.245 e. The van der Waals surface area contributed by atoms with Crippen LogP contribution in [0.1, 0.15) is 32.3 Å². The highest BCUT2D eigenvalue weighted by atomic mass is 16.5. The smallest absolute Gasteiger partial charge is 0.245 e. The summed E-state index contributed by atoms with van der Waals surface area (Å²) in [6, 6.07) is 13.4. The first-order valence-corrected chi connectivity index (χ1v) is 12.3. The second kappa shape index (κ2) is 11.0. The number of nitrogens with zero attached hydrogens (tertiary/aromatic N) is 2. The number of amides is 3. The van der Waals surface area contributed by atoms with Gasteiger partial charge in [-0.05, 0) is 35.1 Å². The molecule has 2 aliphatic rings. The Morgan fingerprint density at radius 3 is 2.47 bits per heavy atom. The summed E-state index contributed by atoms with van der Waals surface area (Å²) in [6.45, 7) is 7.29. The average molecular weight is 466 g/mol. The molecule has 0 spiro atoms. The number of ether oxygens (including phenoxy) is 1. The molecule has 0 aromatic heterocycles. The van der Waals surface area contributed by atoms with E-state index in [0.717, 1.165) is 29.2 Å². The van der Waals surface area contributed by atoms with E-state index in [-0.39, 0.29) is 36.0 Å². The molecule has 1 N–H and O–H groups in total. The Bertz CT molecular complexity index is 1030. The van der Waals surface area contributed by atoms with Crippen LogP contribution in [0, 0.1) is 11.8 Å². The van der Waals surface area contributed by atoms with Crippen LogP contribution in [-0.2, 0) is 25.5 Å². The van der Waals surface area contributed by atoms with Crippen molar-refractivity contribution < 1.29 is 19.1 Å². The normalized spacial score (nSPS) is 19.8. The van der Waals surface area contributed by atoms with Crippen LogP contribution in [0.25, 0.3) is 10.8 Å². The molecule has 0 radical (unpaired) electrons. The van der Waals surface area contributed by atoms with Crippen LogP contribution in [0.15, 0.2) is 42.5 Å². The quantitative estimate of drug-likeness (QED) is 0.711. The molecule has 2 aromatic carbocycles. The number of nitrogens with one attached hydrogen (secondary N) is 1. The van der Waals surface area contributed by atoms with Crippen molar-refractivity contribution in [1.82, 2.24) is 15.1 Å². The maximum absolute atomic E-state index is 13.4. The van der Waals surface area contributed by atoms with Crippen LogP contribution in [0.4, 0.5) is 0 Å². The van der Waals surface area contributed by atoms with Gasteiger partial charge in [0.15, 0.2) is 0 Å².